The summed E-state index contributed by atoms with van der Waals surface area (Å²) in [6, 6.07) is 1.80. The molecule has 0 saturated carbocycles. The average Bonchev–Trinajstić information content (AvgIpc) is 2.91. The highest BCUT2D eigenvalue weighted by atomic mass is 16.2. The lowest BCUT2D eigenvalue weighted by Crippen LogP contribution is -2.41. The van der Waals surface area contributed by atoms with E-state index < -0.39 is 11.2 Å². The Hall–Kier alpha value is -2.69. The van der Waals surface area contributed by atoms with E-state index in [0.29, 0.717) is 24.6 Å². The second-order valence-electron chi connectivity index (χ2n) is 4.17. The van der Waals surface area contributed by atoms with Crippen molar-refractivity contribution >= 4 is 0 Å². The molecule has 2 rings (SSSR count). The van der Waals surface area contributed by atoms with E-state index in [1.807, 2.05) is 6.92 Å². The highest BCUT2D eigenvalue weighted by Crippen LogP contribution is 1.95. The monoisotopic (exact) mass is 274 g/mol. The Labute approximate surface area is 114 Å². The van der Waals surface area contributed by atoms with Gasteiger partial charge in [-0.15, -0.1) is 0 Å². The largest absolute Gasteiger partial charge is 0.331 e. The number of rotatable bonds is 4. The molecule has 0 aliphatic rings. The summed E-state index contributed by atoms with van der Waals surface area (Å²) in [5.74, 6) is 1.03. The molecule has 0 fully saturated rings. The second kappa shape index (κ2) is 5.52. The molecule has 0 radical (unpaired) electrons. The Morgan fingerprint density at radius 2 is 2.15 bits per heavy atom. The van der Waals surface area contributed by atoms with Crippen LogP contribution in [0.15, 0.2) is 15.8 Å². The van der Waals surface area contributed by atoms with Crippen LogP contribution >= 0.6 is 0 Å². The van der Waals surface area contributed by atoms with Gasteiger partial charge in [-0.1, -0.05) is 6.92 Å². The Balaban J connectivity index is 2.53. The van der Waals surface area contributed by atoms with Crippen LogP contribution in [0.4, 0.5) is 0 Å². The summed E-state index contributed by atoms with van der Waals surface area (Å²) in [7, 11) is 0. The van der Waals surface area contributed by atoms with E-state index in [0.717, 1.165) is 4.57 Å². The van der Waals surface area contributed by atoms with E-state index in [-0.39, 0.29) is 12.1 Å². The molecule has 0 spiro atoms. The first-order valence-corrected chi connectivity index (χ1v) is 6.25. The van der Waals surface area contributed by atoms with Crippen LogP contribution in [0.3, 0.4) is 0 Å². The minimum absolute atomic E-state index is 0.0276. The van der Waals surface area contributed by atoms with Crippen molar-refractivity contribution in [1.82, 2.24) is 24.3 Å². The van der Waals surface area contributed by atoms with Gasteiger partial charge in [-0.2, -0.15) is 10.4 Å². The van der Waals surface area contributed by atoms with Crippen LogP contribution in [-0.2, 0) is 19.5 Å². The number of hydrogen-bond acceptors (Lipinski definition) is 5. The molecule has 0 unspecified atom stereocenters. The molecule has 2 aromatic heterocycles. The van der Waals surface area contributed by atoms with Crippen LogP contribution in [0.2, 0.25) is 0 Å². The third kappa shape index (κ3) is 2.38. The van der Waals surface area contributed by atoms with Gasteiger partial charge in [0, 0.05) is 19.2 Å². The number of nitriles is 1. The molecular weight excluding hydrogens is 260 g/mol. The van der Waals surface area contributed by atoms with Crippen LogP contribution in [0.1, 0.15) is 31.1 Å². The molecule has 1 N–H and O–H groups in total. The second-order valence-corrected chi connectivity index (χ2v) is 4.17. The van der Waals surface area contributed by atoms with Gasteiger partial charge in [-0.3, -0.25) is 19.0 Å². The third-order valence-corrected chi connectivity index (χ3v) is 2.90. The predicted molar refractivity (Wildman–Crippen MR) is 70.2 cm³/mol. The van der Waals surface area contributed by atoms with Gasteiger partial charge in [0.2, 0.25) is 0 Å². The molecule has 0 atom stereocenters. The van der Waals surface area contributed by atoms with Crippen LogP contribution in [0, 0.1) is 11.3 Å². The van der Waals surface area contributed by atoms with Crippen LogP contribution in [-0.4, -0.2) is 24.3 Å². The van der Waals surface area contributed by atoms with Crippen LogP contribution in [0.5, 0.6) is 0 Å². The fourth-order valence-electron chi connectivity index (χ4n) is 1.81. The van der Waals surface area contributed by atoms with Gasteiger partial charge in [0.1, 0.15) is 17.5 Å². The van der Waals surface area contributed by atoms with E-state index in [9.17, 15) is 9.59 Å². The topological polar surface area (TPSA) is 109 Å². The van der Waals surface area contributed by atoms with Crippen molar-refractivity contribution in [2.75, 3.05) is 0 Å². The van der Waals surface area contributed by atoms with Crippen molar-refractivity contribution < 1.29 is 0 Å². The quantitative estimate of drug-likeness (QED) is 0.818. The minimum Gasteiger partial charge on any atom is -0.299 e. The smallest absolute Gasteiger partial charge is 0.299 e. The summed E-state index contributed by atoms with van der Waals surface area (Å²) in [6.07, 6.45) is 1.93. The molecule has 20 heavy (non-hydrogen) atoms. The van der Waals surface area contributed by atoms with Gasteiger partial charge in [-0.05, 0) is 6.92 Å². The predicted octanol–water partition coefficient (Wildman–Crippen LogP) is -0.370. The lowest BCUT2D eigenvalue weighted by atomic mass is 10.3. The molecule has 2 heterocycles. The first-order chi connectivity index (χ1) is 9.60. The molecule has 0 aliphatic carbocycles. The summed E-state index contributed by atoms with van der Waals surface area (Å²) in [5, 5.41) is 15.6. The van der Waals surface area contributed by atoms with Gasteiger partial charge in [0.05, 0.1) is 6.54 Å². The van der Waals surface area contributed by atoms with Crippen LogP contribution < -0.4 is 11.2 Å². The molecule has 8 nitrogen and oxygen atoms in total. The van der Waals surface area contributed by atoms with E-state index in [4.69, 9.17) is 5.26 Å². The number of aromatic nitrogens is 5. The van der Waals surface area contributed by atoms with Crippen molar-refractivity contribution in [3.63, 3.8) is 0 Å². The van der Waals surface area contributed by atoms with Gasteiger partial charge >= 0.3 is 5.69 Å². The minimum atomic E-state index is -0.614. The first kappa shape index (κ1) is 13.7. The van der Waals surface area contributed by atoms with Crippen molar-refractivity contribution in [3.8, 4) is 6.07 Å². The zero-order chi connectivity index (χ0) is 14.7. The summed E-state index contributed by atoms with van der Waals surface area (Å²) >= 11 is 0. The summed E-state index contributed by atoms with van der Waals surface area (Å²) < 4.78 is 2.30. The Bertz CT molecular complexity index is 776. The SMILES string of the molecule is CCc1n[nH]c(Cn2c(=O)c(C#N)cn(CC)c2=O)n1. The number of hydrogen-bond donors (Lipinski definition) is 1. The third-order valence-electron chi connectivity index (χ3n) is 2.90. The van der Waals surface area contributed by atoms with Crippen molar-refractivity contribution in [3.05, 3.63) is 44.2 Å². The Morgan fingerprint density at radius 1 is 1.40 bits per heavy atom. The zero-order valence-electron chi connectivity index (χ0n) is 11.3. The normalized spacial score (nSPS) is 10.4. The van der Waals surface area contributed by atoms with E-state index in [2.05, 4.69) is 15.2 Å². The number of H-pyrrole nitrogens is 1. The maximum atomic E-state index is 12.1. The molecule has 0 amide bonds. The molecule has 0 bridgehead atoms. The lowest BCUT2D eigenvalue weighted by Gasteiger charge is -2.07. The fraction of sp³-hybridized carbons (Fsp3) is 0.417. The molecular formula is C12H14N6O2. The fourth-order valence-corrected chi connectivity index (χ4v) is 1.81. The van der Waals surface area contributed by atoms with E-state index >= 15 is 0 Å². The number of aromatic amines is 1. The molecule has 0 saturated heterocycles. The number of nitrogens with one attached hydrogen (secondary N) is 1. The number of nitrogens with zero attached hydrogens (tertiary/aromatic N) is 5. The zero-order valence-corrected chi connectivity index (χ0v) is 11.3. The summed E-state index contributed by atoms with van der Waals surface area (Å²) in [6.45, 7) is 4.02. The average molecular weight is 274 g/mol. The van der Waals surface area contributed by atoms with E-state index in [1.54, 1.807) is 13.0 Å². The highest BCUT2D eigenvalue weighted by Gasteiger charge is 2.12. The molecule has 8 heteroatoms. The first-order valence-electron chi connectivity index (χ1n) is 6.25. The number of aryl methyl sites for hydroxylation is 2. The summed E-state index contributed by atoms with van der Waals surface area (Å²) in [4.78, 5) is 28.3. The van der Waals surface area contributed by atoms with Gasteiger partial charge in [0.25, 0.3) is 5.56 Å². The Kier molecular flexibility index (Phi) is 3.79. The summed E-state index contributed by atoms with van der Waals surface area (Å²) in [5.41, 5.74) is -1.15. The maximum absolute atomic E-state index is 12.1. The molecule has 104 valence electrons. The van der Waals surface area contributed by atoms with Crippen LogP contribution in [0.25, 0.3) is 0 Å². The molecule has 0 aromatic carbocycles. The highest BCUT2D eigenvalue weighted by molar-refractivity contribution is 5.22. The van der Waals surface area contributed by atoms with E-state index in [1.165, 1.54) is 10.8 Å². The Morgan fingerprint density at radius 3 is 2.70 bits per heavy atom. The molecule has 0 aliphatic heterocycles. The lowest BCUT2D eigenvalue weighted by molar-refractivity contribution is 0.586. The van der Waals surface area contributed by atoms with Gasteiger partial charge in [0.15, 0.2) is 5.82 Å². The van der Waals surface area contributed by atoms with Crippen molar-refractivity contribution in [1.29, 1.82) is 5.26 Å². The van der Waals surface area contributed by atoms with Crippen molar-refractivity contribution in [2.45, 2.75) is 33.4 Å². The maximum Gasteiger partial charge on any atom is 0.331 e. The molecule has 2 aromatic rings. The van der Waals surface area contributed by atoms with Gasteiger partial charge < -0.3 is 0 Å². The standard InChI is InChI=1S/C12H14N6O2/c1-3-9-14-10(16-15-9)7-18-11(19)8(5-13)6-17(4-2)12(18)20/h6H,3-4,7H2,1-2H3,(H,14,15,16). The van der Waals surface area contributed by atoms with Crippen molar-refractivity contribution in [2.24, 2.45) is 0 Å². The van der Waals surface area contributed by atoms with Gasteiger partial charge in [-0.25, -0.2) is 9.78 Å².